The number of methoxy groups -OCH3 is 1. The second kappa shape index (κ2) is 10.4. The Bertz CT molecular complexity index is 835. The molecule has 1 atom stereocenters. The fourth-order valence-electron chi connectivity index (χ4n) is 3.50. The molecule has 1 fully saturated rings. The molecule has 1 heterocycles. The van der Waals surface area contributed by atoms with Crippen LogP contribution in [0.15, 0.2) is 53.0 Å². The highest BCUT2D eigenvalue weighted by atomic mass is 79.9. The first kappa shape index (κ1) is 21.3. The summed E-state index contributed by atoms with van der Waals surface area (Å²) >= 11 is 3.34. The summed E-state index contributed by atoms with van der Waals surface area (Å²) in [5.74, 6) is 0.340. The molecule has 0 saturated carbocycles. The number of rotatable bonds is 8. The van der Waals surface area contributed by atoms with E-state index in [1.165, 1.54) is 12.8 Å². The van der Waals surface area contributed by atoms with E-state index in [1.807, 2.05) is 30.3 Å². The van der Waals surface area contributed by atoms with E-state index in [2.05, 4.69) is 31.5 Å². The number of hydrogen-bond donors (Lipinski definition) is 2. The Morgan fingerprint density at radius 3 is 2.48 bits per heavy atom. The average molecular weight is 460 g/mol. The number of benzene rings is 2. The van der Waals surface area contributed by atoms with Crippen LogP contribution in [0, 0.1) is 0 Å². The van der Waals surface area contributed by atoms with Crippen LogP contribution in [-0.2, 0) is 4.79 Å². The second-order valence-corrected chi connectivity index (χ2v) is 7.94. The van der Waals surface area contributed by atoms with Gasteiger partial charge in [0.1, 0.15) is 5.75 Å². The van der Waals surface area contributed by atoms with Crippen molar-refractivity contribution in [2.75, 3.05) is 33.3 Å². The third-order valence-corrected chi connectivity index (χ3v) is 5.56. The molecule has 1 aliphatic heterocycles. The molecule has 7 heteroatoms. The van der Waals surface area contributed by atoms with Crippen LogP contribution in [0.3, 0.4) is 0 Å². The highest BCUT2D eigenvalue weighted by Crippen LogP contribution is 2.26. The van der Waals surface area contributed by atoms with Crippen LogP contribution in [0.25, 0.3) is 0 Å². The number of nitrogens with one attached hydrogen (secondary N) is 2. The van der Waals surface area contributed by atoms with Crippen molar-refractivity contribution in [1.29, 1.82) is 0 Å². The van der Waals surface area contributed by atoms with Crippen LogP contribution in [0.2, 0.25) is 0 Å². The normalized spacial score (nSPS) is 15.0. The highest BCUT2D eigenvalue weighted by Gasteiger charge is 2.24. The Balaban J connectivity index is 1.55. The molecule has 0 aromatic heterocycles. The SMILES string of the molecule is COc1ccc(C(CNC(=O)CNC(=O)c2cccc(Br)c2)N2CCCC2)cc1. The number of carbonyl (C=O) groups excluding carboxylic acids is 2. The summed E-state index contributed by atoms with van der Waals surface area (Å²) in [7, 11) is 1.65. The molecule has 0 bridgehead atoms. The van der Waals surface area contributed by atoms with Crippen LogP contribution >= 0.6 is 15.9 Å². The smallest absolute Gasteiger partial charge is 0.251 e. The third-order valence-electron chi connectivity index (χ3n) is 5.07. The van der Waals surface area contributed by atoms with E-state index < -0.39 is 0 Å². The largest absolute Gasteiger partial charge is 0.497 e. The maximum absolute atomic E-state index is 12.3. The molecule has 1 saturated heterocycles. The molecule has 2 amide bonds. The predicted molar refractivity (Wildman–Crippen MR) is 116 cm³/mol. The van der Waals surface area contributed by atoms with Gasteiger partial charge in [-0.05, 0) is 61.8 Å². The fraction of sp³-hybridized carbons (Fsp3) is 0.364. The van der Waals surface area contributed by atoms with E-state index in [0.29, 0.717) is 12.1 Å². The summed E-state index contributed by atoms with van der Waals surface area (Å²) < 4.78 is 6.07. The summed E-state index contributed by atoms with van der Waals surface area (Å²) in [5, 5.41) is 5.64. The van der Waals surface area contributed by atoms with Gasteiger partial charge in [-0.3, -0.25) is 14.5 Å². The molecule has 1 unspecified atom stereocenters. The number of hydrogen-bond acceptors (Lipinski definition) is 4. The van der Waals surface area contributed by atoms with Gasteiger partial charge >= 0.3 is 0 Å². The molecular formula is C22H26BrN3O3. The molecule has 2 aromatic carbocycles. The molecule has 0 aliphatic carbocycles. The van der Waals surface area contributed by atoms with Gasteiger partial charge in [-0.25, -0.2) is 0 Å². The lowest BCUT2D eigenvalue weighted by atomic mass is 10.1. The Kier molecular flexibility index (Phi) is 7.66. The van der Waals surface area contributed by atoms with Gasteiger partial charge in [0.05, 0.1) is 19.7 Å². The second-order valence-electron chi connectivity index (χ2n) is 7.03. The van der Waals surface area contributed by atoms with E-state index >= 15 is 0 Å². The van der Waals surface area contributed by atoms with Gasteiger partial charge in [0.15, 0.2) is 0 Å². The molecule has 3 rings (SSSR count). The molecule has 0 spiro atoms. The Morgan fingerprint density at radius 2 is 1.83 bits per heavy atom. The molecule has 1 aliphatic rings. The van der Waals surface area contributed by atoms with Crippen molar-refractivity contribution in [2.24, 2.45) is 0 Å². The first-order valence-electron chi connectivity index (χ1n) is 9.75. The standard InChI is InChI=1S/C22H26BrN3O3/c1-29-19-9-7-16(8-10-19)20(26-11-2-3-12-26)14-24-21(27)15-25-22(28)17-5-4-6-18(23)13-17/h4-10,13,20H,2-3,11-12,14-15H2,1H3,(H,24,27)(H,25,28). The van der Waals surface area contributed by atoms with Crippen molar-refractivity contribution >= 4 is 27.7 Å². The molecule has 0 radical (unpaired) electrons. The minimum absolute atomic E-state index is 0.0549. The number of amides is 2. The summed E-state index contributed by atoms with van der Waals surface area (Å²) in [6.07, 6.45) is 2.34. The first-order valence-corrected chi connectivity index (χ1v) is 10.5. The van der Waals surface area contributed by atoms with Crippen molar-refractivity contribution in [3.63, 3.8) is 0 Å². The van der Waals surface area contributed by atoms with Gasteiger partial charge in [0.25, 0.3) is 5.91 Å². The zero-order valence-electron chi connectivity index (χ0n) is 16.5. The maximum Gasteiger partial charge on any atom is 0.251 e. The van der Waals surface area contributed by atoms with Crippen molar-refractivity contribution in [2.45, 2.75) is 18.9 Å². The monoisotopic (exact) mass is 459 g/mol. The molecular weight excluding hydrogens is 434 g/mol. The van der Waals surface area contributed by atoms with Crippen LogP contribution in [0.1, 0.15) is 34.8 Å². The fourth-order valence-corrected chi connectivity index (χ4v) is 3.90. The summed E-state index contributed by atoms with van der Waals surface area (Å²) in [5.41, 5.74) is 1.66. The molecule has 2 N–H and O–H groups in total. The molecule has 2 aromatic rings. The van der Waals surface area contributed by atoms with Crippen molar-refractivity contribution in [3.8, 4) is 5.75 Å². The van der Waals surface area contributed by atoms with Crippen molar-refractivity contribution in [1.82, 2.24) is 15.5 Å². The number of likely N-dealkylation sites (tertiary alicyclic amines) is 1. The summed E-state index contributed by atoms with van der Waals surface area (Å²) in [6, 6.07) is 15.2. The number of halogens is 1. The van der Waals surface area contributed by atoms with E-state index in [-0.39, 0.29) is 24.4 Å². The first-order chi connectivity index (χ1) is 14.1. The minimum Gasteiger partial charge on any atom is -0.497 e. The van der Waals surface area contributed by atoms with Gasteiger partial charge in [0, 0.05) is 16.6 Å². The molecule has 29 heavy (non-hydrogen) atoms. The van der Waals surface area contributed by atoms with Crippen molar-refractivity contribution in [3.05, 3.63) is 64.1 Å². The van der Waals surface area contributed by atoms with Gasteiger partial charge in [-0.2, -0.15) is 0 Å². The van der Waals surface area contributed by atoms with Crippen LogP contribution in [-0.4, -0.2) is 50.0 Å². The molecule has 154 valence electrons. The number of carbonyl (C=O) groups is 2. The predicted octanol–water partition coefficient (Wildman–Crippen LogP) is 3.14. The lowest BCUT2D eigenvalue weighted by Crippen LogP contribution is -2.41. The van der Waals surface area contributed by atoms with Gasteiger partial charge < -0.3 is 15.4 Å². The van der Waals surface area contributed by atoms with Crippen LogP contribution < -0.4 is 15.4 Å². The summed E-state index contributed by atoms with van der Waals surface area (Å²) in [6.45, 7) is 2.48. The van der Waals surface area contributed by atoms with E-state index in [0.717, 1.165) is 28.9 Å². The topological polar surface area (TPSA) is 70.7 Å². The zero-order valence-corrected chi connectivity index (χ0v) is 18.1. The average Bonchev–Trinajstić information content (AvgIpc) is 3.27. The van der Waals surface area contributed by atoms with Gasteiger partial charge in [-0.15, -0.1) is 0 Å². The van der Waals surface area contributed by atoms with Crippen molar-refractivity contribution < 1.29 is 14.3 Å². The summed E-state index contributed by atoms with van der Waals surface area (Å²) in [4.78, 5) is 26.9. The Hall–Kier alpha value is -2.38. The highest BCUT2D eigenvalue weighted by molar-refractivity contribution is 9.10. The number of nitrogens with zero attached hydrogens (tertiary/aromatic N) is 1. The third kappa shape index (κ3) is 6.05. The molecule has 6 nitrogen and oxygen atoms in total. The maximum atomic E-state index is 12.3. The lowest BCUT2D eigenvalue weighted by molar-refractivity contribution is -0.120. The van der Waals surface area contributed by atoms with Crippen LogP contribution in [0.4, 0.5) is 0 Å². The van der Waals surface area contributed by atoms with E-state index in [4.69, 9.17) is 4.74 Å². The van der Waals surface area contributed by atoms with Gasteiger partial charge in [-0.1, -0.05) is 34.1 Å². The Morgan fingerprint density at radius 1 is 1.10 bits per heavy atom. The number of ether oxygens (including phenoxy) is 1. The van der Waals surface area contributed by atoms with Gasteiger partial charge in [0.2, 0.25) is 5.91 Å². The lowest BCUT2D eigenvalue weighted by Gasteiger charge is -2.28. The van der Waals surface area contributed by atoms with E-state index in [1.54, 1.807) is 25.3 Å². The Labute approximate surface area is 179 Å². The van der Waals surface area contributed by atoms with Crippen LogP contribution in [0.5, 0.6) is 5.75 Å². The quantitative estimate of drug-likeness (QED) is 0.635. The zero-order chi connectivity index (χ0) is 20.6. The minimum atomic E-state index is -0.271. The van der Waals surface area contributed by atoms with E-state index in [9.17, 15) is 9.59 Å².